The SMILES string of the molecule is CCC(C)NC(=O)CCNCc1ccc(OC)c(Cl)c1. The standard InChI is InChI=1S/C15H23ClN2O2/c1-4-11(2)18-15(19)7-8-17-10-12-5-6-14(20-3)13(16)9-12/h5-6,9,11,17H,4,7-8,10H2,1-3H3,(H,18,19). The number of rotatable bonds is 8. The molecule has 1 amide bonds. The molecule has 4 nitrogen and oxygen atoms in total. The average Bonchev–Trinajstić information content (AvgIpc) is 2.43. The lowest BCUT2D eigenvalue weighted by atomic mass is 10.2. The van der Waals surface area contributed by atoms with Crippen LogP contribution in [-0.2, 0) is 11.3 Å². The van der Waals surface area contributed by atoms with Crippen LogP contribution in [0, 0.1) is 0 Å². The topological polar surface area (TPSA) is 50.4 Å². The number of hydrogen-bond donors (Lipinski definition) is 2. The molecule has 0 aliphatic rings. The van der Waals surface area contributed by atoms with Gasteiger partial charge in [-0.3, -0.25) is 4.79 Å². The molecule has 0 aromatic heterocycles. The van der Waals surface area contributed by atoms with Crippen molar-refractivity contribution in [3.05, 3.63) is 28.8 Å². The molecule has 20 heavy (non-hydrogen) atoms. The molecule has 112 valence electrons. The van der Waals surface area contributed by atoms with Crippen LogP contribution in [-0.4, -0.2) is 25.6 Å². The number of benzene rings is 1. The molecule has 0 heterocycles. The molecule has 1 aromatic rings. The third-order valence-electron chi connectivity index (χ3n) is 3.09. The molecule has 1 aromatic carbocycles. The Hall–Kier alpha value is -1.26. The molecule has 1 atom stereocenters. The predicted molar refractivity (Wildman–Crippen MR) is 82.2 cm³/mol. The lowest BCUT2D eigenvalue weighted by Gasteiger charge is -2.11. The van der Waals surface area contributed by atoms with E-state index in [1.807, 2.05) is 25.1 Å². The van der Waals surface area contributed by atoms with E-state index in [-0.39, 0.29) is 11.9 Å². The van der Waals surface area contributed by atoms with Crippen LogP contribution in [0.1, 0.15) is 32.3 Å². The third-order valence-corrected chi connectivity index (χ3v) is 3.39. The highest BCUT2D eigenvalue weighted by molar-refractivity contribution is 6.32. The third kappa shape index (κ3) is 5.80. The summed E-state index contributed by atoms with van der Waals surface area (Å²) in [5.74, 6) is 0.753. The summed E-state index contributed by atoms with van der Waals surface area (Å²) >= 11 is 6.05. The van der Waals surface area contributed by atoms with E-state index in [1.54, 1.807) is 7.11 Å². The van der Waals surface area contributed by atoms with Crippen molar-refractivity contribution in [2.45, 2.75) is 39.3 Å². The molecule has 0 fully saturated rings. The molecule has 1 rings (SSSR count). The number of carbonyl (C=O) groups excluding carboxylic acids is 1. The summed E-state index contributed by atoms with van der Waals surface area (Å²) in [5.41, 5.74) is 1.07. The molecular formula is C15H23ClN2O2. The summed E-state index contributed by atoms with van der Waals surface area (Å²) in [7, 11) is 1.59. The maximum absolute atomic E-state index is 11.6. The number of methoxy groups -OCH3 is 1. The Bertz CT molecular complexity index is 438. The molecule has 0 aliphatic carbocycles. The first kappa shape index (κ1) is 16.8. The first-order valence-corrected chi connectivity index (χ1v) is 7.27. The van der Waals surface area contributed by atoms with Crippen molar-refractivity contribution < 1.29 is 9.53 Å². The molecule has 5 heteroatoms. The van der Waals surface area contributed by atoms with Gasteiger partial charge in [0.05, 0.1) is 12.1 Å². The van der Waals surface area contributed by atoms with Crippen LogP contribution in [0.3, 0.4) is 0 Å². The van der Waals surface area contributed by atoms with Crippen LogP contribution in [0.25, 0.3) is 0 Å². The van der Waals surface area contributed by atoms with Crippen molar-refractivity contribution >= 4 is 17.5 Å². The van der Waals surface area contributed by atoms with Crippen molar-refractivity contribution in [1.29, 1.82) is 0 Å². The number of amides is 1. The van der Waals surface area contributed by atoms with Gasteiger partial charge in [-0.05, 0) is 31.0 Å². The van der Waals surface area contributed by atoms with E-state index in [2.05, 4.69) is 17.6 Å². The van der Waals surface area contributed by atoms with Gasteiger partial charge in [-0.1, -0.05) is 24.6 Å². The van der Waals surface area contributed by atoms with Gasteiger partial charge < -0.3 is 15.4 Å². The van der Waals surface area contributed by atoms with E-state index >= 15 is 0 Å². The van der Waals surface area contributed by atoms with Crippen molar-refractivity contribution in [1.82, 2.24) is 10.6 Å². The predicted octanol–water partition coefficient (Wildman–Crippen LogP) is 2.74. The monoisotopic (exact) mass is 298 g/mol. The Labute approximate surface area is 125 Å². The van der Waals surface area contributed by atoms with Gasteiger partial charge in [0.25, 0.3) is 0 Å². The first-order chi connectivity index (χ1) is 9.56. The second-order valence-corrected chi connectivity index (χ2v) is 5.18. The van der Waals surface area contributed by atoms with Gasteiger partial charge in [0.1, 0.15) is 5.75 Å². The van der Waals surface area contributed by atoms with Gasteiger partial charge in [-0.25, -0.2) is 0 Å². The van der Waals surface area contributed by atoms with Crippen molar-refractivity contribution in [3.63, 3.8) is 0 Å². The maximum atomic E-state index is 11.6. The lowest BCUT2D eigenvalue weighted by Crippen LogP contribution is -2.33. The Morgan fingerprint density at radius 1 is 1.45 bits per heavy atom. The molecule has 2 N–H and O–H groups in total. The molecule has 0 spiro atoms. The van der Waals surface area contributed by atoms with E-state index in [9.17, 15) is 4.79 Å². The summed E-state index contributed by atoms with van der Waals surface area (Å²) < 4.78 is 5.10. The summed E-state index contributed by atoms with van der Waals surface area (Å²) in [4.78, 5) is 11.6. The maximum Gasteiger partial charge on any atom is 0.221 e. The largest absolute Gasteiger partial charge is 0.495 e. The number of carbonyl (C=O) groups is 1. The fourth-order valence-corrected chi connectivity index (χ4v) is 1.98. The minimum absolute atomic E-state index is 0.0830. The minimum Gasteiger partial charge on any atom is -0.495 e. The summed E-state index contributed by atoms with van der Waals surface area (Å²) in [6, 6.07) is 5.90. The summed E-state index contributed by atoms with van der Waals surface area (Å²) in [6.45, 7) is 5.38. The number of halogens is 1. The zero-order valence-electron chi connectivity index (χ0n) is 12.3. The molecule has 1 unspecified atom stereocenters. The summed E-state index contributed by atoms with van der Waals surface area (Å²) in [5, 5.41) is 6.76. The van der Waals surface area contributed by atoms with Gasteiger partial charge >= 0.3 is 0 Å². The number of ether oxygens (including phenoxy) is 1. The van der Waals surface area contributed by atoms with Gasteiger partial charge in [-0.2, -0.15) is 0 Å². The lowest BCUT2D eigenvalue weighted by molar-refractivity contribution is -0.121. The fraction of sp³-hybridized carbons (Fsp3) is 0.533. The normalized spacial score (nSPS) is 12.0. The minimum atomic E-state index is 0.0830. The Balaban J connectivity index is 2.27. The Morgan fingerprint density at radius 2 is 2.20 bits per heavy atom. The second kappa shape index (κ2) is 8.82. The van der Waals surface area contributed by atoms with Crippen molar-refractivity contribution in [2.75, 3.05) is 13.7 Å². The van der Waals surface area contributed by atoms with Gasteiger partial charge in [-0.15, -0.1) is 0 Å². The van der Waals surface area contributed by atoms with Crippen LogP contribution in [0.5, 0.6) is 5.75 Å². The molecule has 0 aliphatic heterocycles. The first-order valence-electron chi connectivity index (χ1n) is 6.89. The van der Waals surface area contributed by atoms with Gasteiger partial charge in [0, 0.05) is 25.6 Å². The highest BCUT2D eigenvalue weighted by atomic mass is 35.5. The Kier molecular flexibility index (Phi) is 7.41. The summed E-state index contributed by atoms with van der Waals surface area (Å²) in [6.07, 6.45) is 1.43. The van der Waals surface area contributed by atoms with Crippen LogP contribution >= 0.6 is 11.6 Å². The van der Waals surface area contributed by atoms with Crippen LogP contribution < -0.4 is 15.4 Å². The zero-order valence-corrected chi connectivity index (χ0v) is 13.1. The molecule has 0 radical (unpaired) electrons. The van der Waals surface area contributed by atoms with Crippen molar-refractivity contribution in [2.24, 2.45) is 0 Å². The van der Waals surface area contributed by atoms with Crippen LogP contribution in [0.4, 0.5) is 0 Å². The van der Waals surface area contributed by atoms with E-state index in [4.69, 9.17) is 16.3 Å². The fourth-order valence-electron chi connectivity index (χ4n) is 1.70. The zero-order chi connectivity index (χ0) is 15.0. The smallest absolute Gasteiger partial charge is 0.221 e. The van der Waals surface area contributed by atoms with Crippen molar-refractivity contribution in [3.8, 4) is 5.75 Å². The molecular weight excluding hydrogens is 276 g/mol. The van der Waals surface area contributed by atoms with E-state index < -0.39 is 0 Å². The van der Waals surface area contributed by atoms with Gasteiger partial charge in [0.15, 0.2) is 0 Å². The molecule has 0 saturated heterocycles. The van der Waals surface area contributed by atoms with Crippen LogP contribution in [0.2, 0.25) is 5.02 Å². The molecule has 0 saturated carbocycles. The van der Waals surface area contributed by atoms with E-state index in [1.165, 1.54) is 0 Å². The van der Waals surface area contributed by atoms with E-state index in [0.29, 0.717) is 30.3 Å². The highest BCUT2D eigenvalue weighted by Gasteiger charge is 2.05. The molecule has 0 bridgehead atoms. The average molecular weight is 299 g/mol. The van der Waals surface area contributed by atoms with Gasteiger partial charge in [0.2, 0.25) is 5.91 Å². The second-order valence-electron chi connectivity index (χ2n) is 4.77. The Morgan fingerprint density at radius 3 is 2.80 bits per heavy atom. The number of hydrogen-bond acceptors (Lipinski definition) is 3. The quantitative estimate of drug-likeness (QED) is 0.726. The van der Waals surface area contributed by atoms with Crippen LogP contribution in [0.15, 0.2) is 18.2 Å². The van der Waals surface area contributed by atoms with E-state index in [0.717, 1.165) is 12.0 Å². The number of nitrogens with one attached hydrogen (secondary N) is 2. The highest BCUT2D eigenvalue weighted by Crippen LogP contribution is 2.24.